The summed E-state index contributed by atoms with van der Waals surface area (Å²) in [5.74, 6) is 0.368. The van der Waals surface area contributed by atoms with Crippen molar-refractivity contribution in [1.29, 1.82) is 0 Å². The minimum Gasteiger partial charge on any atom is -0.334 e. The molecule has 0 bridgehead atoms. The van der Waals surface area contributed by atoms with Crippen LogP contribution in [0.4, 0.5) is 4.39 Å². The molecule has 0 spiro atoms. The second-order valence-corrected chi connectivity index (χ2v) is 5.13. The zero-order chi connectivity index (χ0) is 15.1. The molecule has 0 N–H and O–H groups in total. The van der Waals surface area contributed by atoms with Crippen LogP contribution in [-0.2, 0) is 6.42 Å². The molecule has 0 amide bonds. The highest BCUT2D eigenvalue weighted by Gasteiger charge is 2.20. The Morgan fingerprint density at radius 2 is 2.05 bits per heavy atom. The number of rotatable bonds is 2. The molecule has 0 unspecified atom stereocenters. The first-order chi connectivity index (χ1) is 10.0. The number of pyridine rings is 1. The van der Waals surface area contributed by atoms with Gasteiger partial charge >= 0.3 is 0 Å². The molecule has 0 aliphatic carbocycles. The molecular weight excluding hydrogens is 293 g/mol. The first-order valence-corrected chi connectivity index (χ1v) is 6.77. The average molecular weight is 305 g/mol. The van der Waals surface area contributed by atoms with Gasteiger partial charge in [0, 0.05) is 5.39 Å². The molecule has 0 saturated heterocycles. The molecule has 2 aromatic heterocycles. The molecule has 106 valence electrons. The molecule has 3 aromatic rings. The smallest absolute Gasteiger partial charge is 0.261 e. The Balaban J connectivity index is 2.37. The van der Waals surface area contributed by atoms with Gasteiger partial charge in [-0.15, -0.1) is 0 Å². The Morgan fingerprint density at radius 1 is 1.29 bits per heavy atom. The van der Waals surface area contributed by atoms with Crippen molar-refractivity contribution in [3.8, 4) is 11.5 Å². The fourth-order valence-electron chi connectivity index (χ4n) is 2.29. The molecule has 1 aromatic carbocycles. The maximum atomic E-state index is 14.1. The minimum atomic E-state index is -0.413. The van der Waals surface area contributed by atoms with Gasteiger partial charge in [0.1, 0.15) is 22.9 Å². The second kappa shape index (κ2) is 5.00. The van der Waals surface area contributed by atoms with Crippen molar-refractivity contribution in [3.05, 3.63) is 47.0 Å². The summed E-state index contributed by atoms with van der Waals surface area (Å²) in [5, 5.41) is 4.56. The van der Waals surface area contributed by atoms with Crippen LogP contribution in [0.15, 0.2) is 16.7 Å². The van der Waals surface area contributed by atoms with Crippen molar-refractivity contribution < 1.29 is 8.91 Å². The fraction of sp³-hybridized carbons (Fsp3) is 0.200. The third kappa shape index (κ3) is 2.23. The predicted molar refractivity (Wildman–Crippen MR) is 78.5 cm³/mol. The van der Waals surface area contributed by atoms with Gasteiger partial charge in [-0.25, -0.2) is 9.37 Å². The van der Waals surface area contributed by atoms with E-state index in [4.69, 9.17) is 16.1 Å². The summed E-state index contributed by atoms with van der Waals surface area (Å²) in [4.78, 5) is 8.31. The Kier molecular flexibility index (Phi) is 3.29. The van der Waals surface area contributed by atoms with Gasteiger partial charge in [0.15, 0.2) is 5.82 Å². The molecular formula is C15H12ClFN3O+. The number of aryl methyl sites for hydroxylation is 2. The van der Waals surface area contributed by atoms with Gasteiger partial charge in [-0.2, -0.15) is 4.98 Å². The molecule has 2 heterocycles. The molecule has 4 nitrogen and oxygen atoms in total. The van der Waals surface area contributed by atoms with Crippen LogP contribution in [0.5, 0.6) is 0 Å². The number of halogens is 2. The Bertz CT molecular complexity index is 845. The van der Waals surface area contributed by atoms with E-state index in [2.05, 4.69) is 22.0 Å². The lowest BCUT2D eigenvalue weighted by molar-refractivity contribution is 0.425. The summed E-state index contributed by atoms with van der Waals surface area (Å²) in [5.41, 5.74) is 2.31. The van der Waals surface area contributed by atoms with E-state index in [0.717, 1.165) is 11.1 Å². The van der Waals surface area contributed by atoms with E-state index < -0.39 is 5.82 Å². The van der Waals surface area contributed by atoms with Gasteiger partial charge < -0.3 is 4.52 Å². The third-order valence-electron chi connectivity index (χ3n) is 3.35. The van der Waals surface area contributed by atoms with Gasteiger partial charge in [-0.3, -0.25) is 0 Å². The number of hydrogen-bond acceptors (Lipinski definition) is 4. The van der Waals surface area contributed by atoms with Crippen molar-refractivity contribution >= 4 is 22.5 Å². The van der Waals surface area contributed by atoms with Crippen molar-refractivity contribution in [1.82, 2.24) is 15.1 Å². The molecule has 0 aliphatic rings. The topological polar surface area (TPSA) is 51.8 Å². The minimum absolute atomic E-state index is 0.143. The molecule has 6 heteroatoms. The highest BCUT2D eigenvalue weighted by molar-refractivity contribution is 6.32. The fourth-order valence-corrected chi connectivity index (χ4v) is 2.60. The lowest BCUT2D eigenvalue weighted by Gasteiger charge is -2.09. The summed E-state index contributed by atoms with van der Waals surface area (Å²) in [6.45, 7) is 7.32. The molecule has 0 radical (unpaired) electrons. The Hall–Kier alpha value is -2.14. The second-order valence-electron chi connectivity index (χ2n) is 4.77. The first kappa shape index (κ1) is 13.8. The maximum Gasteiger partial charge on any atom is 0.261 e. The molecule has 0 saturated carbocycles. The highest BCUT2D eigenvalue weighted by atomic mass is 35.5. The van der Waals surface area contributed by atoms with Crippen molar-refractivity contribution in [3.63, 3.8) is 0 Å². The summed E-state index contributed by atoms with van der Waals surface area (Å²) in [6, 6.07) is 3.28. The molecule has 0 fully saturated rings. The predicted octanol–water partition coefficient (Wildman–Crippen LogP) is 4.07. The number of benzene rings is 1. The highest BCUT2D eigenvalue weighted by Crippen LogP contribution is 2.34. The van der Waals surface area contributed by atoms with E-state index in [1.54, 1.807) is 6.92 Å². The van der Waals surface area contributed by atoms with E-state index in [0.29, 0.717) is 23.2 Å². The monoisotopic (exact) mass is 304 g/mol. The lowest BCUT2D eigenvalue weighted by Crippen LogP contribution is -1.96. The van der Waals surface area contributed by atoms with Crippen molar-refractivity contribution in [2.45, 2.75) is 20.3 Å². The molecule has 0 aliphatic heterocycles. The van der Waals surface area contributed by atoms with Gasteiger partial charge in [-0.1, -0.05) is 16.8 Å². The third-order valence-corrected chi connectivity index (χ3v) is 3.62. The molecule has 3 rings (SSSR count). The van der Waals surface area contributed by atoms with E-state index >= 15 is 0 Å². The standard InChI is InChI=1S/C15H12ClFN3O/c1-4-9-5-10-7(2)12(15-18-8(3)20-21-15)14(16)19-13(10)11(17)6-9/h5-6H,1,4H2,2-3H3/q+1. The largest absolute Gasteiger partial charge is 0.334 e. The molecule has 21 heavy (non-hydrogen) atoms. The maximum absolute atomic E-state index is 14.1. The van der Waals surface area contributed by atoms with Crippen LogP contribution >= 0.6 is 11.6 Å². The molecule has 0 atom stereocenters. The van der Waals surface area contributed by atoms with Crippen LogP contribution < -0.4 is 0 Å². The van der Waals surface area contributed by atoms with Gasteiger partial charge in [0.2, 0.25) is 0 Å². The van der Waals surface area contributed by atoms with Crippen molar-refractivity contribution in [2.24, 2.45) is 0 Å². The van der Waals surface area contributed by atoms with Crippen LogP contribution in [-0.4, -0.2) is 15.1 Å². The summed E-state index contributed by atoms with van der Waals surface area (Å²) >= 11 is 6.18. The number of aromatic nitrogens is 3. The first-order valence-electron chi connectivity index (χ1n) is 6.39. The number of fused-ring (bicyclic) bond motifs is 1. The van der Waals surface area contributed by atoms with E-state index in [1.165, 1.54) is 6.07 Å². The average Bonchev–Trinajstić information content (AvgIpc) is 2.86. The van der Waals surface area contributed by atoms with E-state index in [-0.39, 0.29) is 16.6 Å². The van der Waals surface area contributed by atoms with Gasteiger partial charge in [-0.05, 0) is 37.1 Å². The van der Waals surface area contributed by atoms with Crippen LogP contribution in [0, 0.1) is 26.6 Å². The number of hydrogen-bond donors (Lipinski definition) is 0. The van der Waals surface area contributed by atoms with Crippen LogP contribution in [0.1, 0.15) is 17.0 Å². The zero-order valence-electron chi connectivity index (χ0n) is 11.6. The zero-order valence-corrected chi connectivity index (χ0v) is 12.3. The summed E-state index contributed by atoms with van der Waals surface area (Å²) < 4.78 is 19.3. The van der Waals surface area contributed by atoms with Gasteiger partial charge in [0.05, 0.1) is 12.5 Å². The van der Waals surface area contributed by atoms with E-state index in [9.17, 15) is 4.39 Å². The van der Waals surface area contributed by atoms with E-state index in [1.807, 2.05) is 13.0 Å². The quantitative estimate of drug-likeness (QED) is 0.529. The Labute approximate surface area is 126 Å². The van der Waals surface area contributed by atoms with Crippen LogP contribution in [0.2, 0.25) is 5.15 Å². The number of nitrogens with zero attached hydrogens (tertiary/aromatic N) is 3. The normalized spacial score (nSPS) is 11.2. The van der Waals surface area contributed by atoms with Crippen LogP contribution in [0.25, 0.3) is 22.4 Å². The Morgan fingerprint density at radius 3 is 2.67 bits per heavy atom. The lowest BCUT2D eigenvalue weighted by atomic mass is 10.0. The summed E-state index contributed by atoms with van der Waals surface area (Å²) in [6.07, 6.45) is 0.490. The van der Waals surface area contributed by atoms with Gasteiger partial charge in [0.25, 0.3) is 5.89 Å². The summed E-state index contributed by atoms with van der Waals surface area (Å²) in [7, 11) is 0. The SMILES string of the molecule is [CH2+]Cc1cc(F)c2nc(Cl)c(-c3nc(C)no3)c(C)c2c1. The van der Waals surface area contributed by atoms with Crippen molar-refractivity contribution in [2.75, 3.05) is 0 Å². The van der Waals surface area contributed by atoms with Crippen LogP contribution in [0.3, 0.4) is 0 Å².